The van der Waals surface area contributed by atoms with E-state index in [1.54, 1.807) is 16.7 Å². The second-order valence-electron chi connectivity index (χ2n) is 12.3. The first-order chi connectivity index (χ1) is 23.5. The van der Waals surface area contributed by atoms with Gasteiger partial charge in [-0.25, -0.2) is 4.79 Å². The Balaban J connectivity index is 1.39. The van der Waals surface area contributed by atoms with Gasteiger partial charge in [-0.1, -0.05) is 84.9 Å². The van der Waals surface area contributed by atoms with Crippen LogP contribution in [0.5, 0.6) is 0 Å². The number of anilines is 1. The summed E-state index contributed by atoms with van der Waals surface area (Å²) in [5.41, 5.74) is 7.21. The molecule has 0 amide bonds. The number of hydrogen-bond donors (Lipinski definition) is 0. The van der Waals surface area contributed by atoms with Gasteiger partial charge in [0.15, 0.2) is 6.04 Å². The van der Waals surface area contributed by atoms with E-state index >= 15 is 0 Å². The van der Waals surface area contributed by atoms with Gasteiger partial charge >= 0.3 is 5.69 Å². The summed E-state index contributed by atoms with van der Waals surface area (Å²) in [4.78, 5) is 28.9. The molecule has 0 saturated carbocycles. The van der Waals surface area contributed by atoms with Gasteiger partial charge in [-0.15, -0.1) is 0 Å². The average molecular weight is 631 g/mol. The van der Waals surface area contributed by atoms with Crippen molar-refractivity contribution < 1.29 is 4.57 Å². The topological polar surface area (TPSA) is 74.9 Å². The van der Waals surface area contributed by atoms with E-state index in [0.29, 0.717) is 24.5 Å². The molecule has 48 heavy (non-hydrogen) atoms. The number of rotatable bonds is 7. The van der Waals surface area contributed by atoms with Crippen molar-refractivity contribution in [2.75, 3.05) is 18.0 Å². The van der Waals surface area contributed by atoms with Crippen LogP contribution in [0.15, 0.2) is 143 Å². The molecule has 236 valence electrons. The Labute approximate surface area is 279 Å². The SMILES string of the molecule is Cn1c(=O)cc(N2CCC[C@@H]([n+]3c(-c4ccccc4)cc(-c4ccccc4)cc3-c3ccccc3)C2)n(Cc2ccccc2C#N)c1=O. The van der Waals surface area contributed by atoms with E-state index in [1.807, 2.05) is 36.4 Å². The van der Waals surface area contributed by atoms with Crippen LogP contribution in [0, 0.1) is 11.3 Å². The fourth-order valence-electron chi connectivity index (χ4n) is 6.84. The summed E-state index contributed by atoms with van der Waals surface area (Å²) in [6, 6.07) is 47.1. The first-order valence-electron chi connectivity index (χ1n) is 16.3. The van der Waals surface area contributed by atoms with Gasteiger partial charge in [-0.2, -0.15) is 9.83 Å². The van der Waals surface area contributed by atoms with Crippen LogP contribution < -0.4 is 20.7 Å². The Kier molecular flexibility index (Phi) is 8.55. The van der Waals surface area contributed by atoms with Crippen LogP contribution in [0.1, 0.15) is 30.0 Å². The minimum absolute atomic E-state index is 0.0352. The fourth-order valence-corrected chi connectivity index (χ4v) is 6.84. The predicted octanol–water partition coefficient (Wildman–Crippen LogP) is 6.60. The number of hydrogen-bond acceptors (Lipinski definition) is 4. The monoisotopic (exact) mass is 630 g/mol. The standard InChI is InChI=1S/C41H36N5O2/c1-43-40(47)26-39(45(41(43)48)28-34-21-12-11-20-33(34)27-42)44-23-13-22-36(29-44)46-37(31-16-7-3-8-17-31)24-35(30-14-5-2-6-15-30)25-38(46)32-18-9-4-10-19-32/h2-12,14-21,24-26,36H,13,22-23,28-29H2,1H3/q+1/t36-/m1/s1. The molecular weight excluding hydrogens is 594 g/mol. The molecule has 2 aromatic heterocycles. The lowest BCUT2D eigenvalue weighted by molar-refractivity contribution is -0.701. The third-order valence-corrected chi connectivity index (χ3v) is 9.28. The number of piperidine rings is 1. The van der Waals surface area contributed by atoms with Gasteiger partial charge < -0.3 is 4.90 Å². The summed E-state index contributed by atoms with van der Waals surface area (Å²) in [6.07, 6.45) is 1.80. The fraction of sp³-hybridized carbons (Fsp3) is 0.171. The molecule has 1 fully saturated rings. The van der Waals surface area contributed by atoms with E-state index in [2.05, 4.69) is 100 Å². The van der Waals surface area contributed by atoms with Crippen molar-refractivity contribution in [3.05, 3.63) is 165 Å². The van der Waals surface area contributed by atoms with E-state index in [-0.39, 0.29) is 18.1 Å². The second-order valence-corrected chi connectivity index (χ2v) is 12.3. The zero-order chi connectivity index (χ0) is 33.0. The zero-order valence-corrected chi connectivity index (χ0v) is 26.9. The number of aromatic nitrogens is 3. The highest BCUT2D eigenvalue weighted by Crippen LogP contribution is 2.33. The van der Waals surface area contributed by atoms with Crippen LogP contribution in [0.2, 0.25) is 0 Å². The van der Waals surface area contributed by atoms with Crippen LogP contribution in [-0.2, 0) is 13.6 Å². The molecule has 4 aromatic carbocycles. The molecule has 0 unspecified atom stereocenters. The van der Waals surface area contributed by atoms with Gasteiger partial charge in [0, 0.05) is 49.3 Å². The van der Waals surface area contributed by atoms with E-state index in [9.17, 15) is 14.9 Å². The van der Waals surface area contributed by atoms with Crippen LogP contribution in [0.4, 0.5) is 5.82 Å². The Morgan fingerprint density at radius 3 is 1.90 bits per heavy atom. The van der Waals surface area contributed by atoms with Gasteiger partial charge in [0.05, 0.1) is 24.7 Å². The summed E-state index contributed by atoms with van der Waals surface area (Å²) in [7, 11) is 1.50. The van der Waals surface area contributed by atoms with Crippen LogP contribution >= 0.6 is 0 Å². The summed E-state index contributed by atoms with van der Waals surface area (Å²) in [5, 5.41) is 9.77. The second kappa shape index (κ2) is 13.4. The van der Waals surface area contributed by atoms with Gasteiger partial charge in [0.25, 0.3) is 5.56 Å². The summed E-state index contributed by atoms with van der Waals surface area (Å²) < 4.78 is 5.23. The van der Waals surface area contributed by atoms with Crippen molar-refractivity contribution in [3.8, 4) is 39.7 Å². The van der Waals surface area contributed by atoms with E-state index < -0.39 is 5.69 Å². The van der Waals surface area contributed by atoms with E-state index in [4.69, 9.17) is 0 Å². The van der Waals surface area contributed by atoms with Crippen molar-refractivity contribution in [2.24, 2.45) is 7.05 Å². The molecule has 3 heterocycles. The molecule has 0 radical (unpaired) electrons. The highest BCUT2D eigenvalue weighted by molar-refractivity contribution is 5.73. The van der Waals surface area contributed by atoms with E-state index in [1.165, 1.54) is 7.05 Å². The Hall–Kier alpha value is -6.00. The van der Waals surface area contributed by atoms with Crippen molar-refractivity contribution in [1.29, 1.82) is 5.26 Å². The lowest BCUT2D eigenvalue weighted by atomic mass is 9.96. The maximum atomic E-state index is 13.7. The van der Waals surface area contributed by atoms with Crippen LogP contribution in [-0.4, -0.2) is 22.2 Å². The predicted molar refractivity (Wildman–Crippen MR) is 190 cm³/mol. The number of nitrogens with zero attached hydrogens (tertiary/aromatic N) is 5. The maximum absolute atomic E-state index is 13.7. The molecule has 1 aliphatic rings. The molecule has 7 heteroatoms. The number of nitriles is 1. The Morgan fingerprint density at radius 2 is 1.29 bits per heavy atom. The number of benzene rings is 4. The van der Waals surface area contributed by atoms with E-state index in [0.717, 1.165) is 56.6 Å². The minimum Gasteiger partial charge on any atom is -0.351 e. The third kappa shape index (κ3) is 5.96. The van der Waals surface area contributed by atoms with Gasteiger partial charge in [-0.3, -0.25) is 13.9 Å². The van der Waals surface area contributed by atoms with Gasteiger partial charge in [-0.05, 0) is 53.4 Å². The quantitative estimate of drug-likeness (QED) is 0.187. The first kappa shape index (κ1) is 30.6. The maximum Gasteiger partial charge on any atom is 0.332 e. The zero-order valence-electron chi connectivity index (χ0n) is 26.9. The normalized spacial score (nSPS) is 14.4. The summed E-state index contributed by atoms with van der Waals surface area (Å²) in [6.45, 7) is 1.49. The van der Waals surface area contributed by atoms with Crippen molar-refractivity contribution in [1.82, 2.24) is 9.13 Å². The lowest BCUT2D eigenvalue weighted by Gasteiger charge is -2.34. The molecule has 0 bridgehead atoms. The Bertz CT molecular complexity index is 2180. The molecule has 1 saturated heterocycles. The van der Waals surface area contributed by atoms with Crippen molar-refractivity contribution >= 4 is 5.82 Å². The largest absolute Gasteiger partial charge is 0.351 e. The molecule has 0 aliphatic carbocycles. The summed E-state index contributed by atoms with van der Waals surface area (Å²) in [5.74, 6) is 0.574. The van der Waals surface area contributed by atoms with Crippen LogP contribution in [0.3, 0.4) is 0 Å². The number of pyridine rings is 1. The highest BCUT2D eigenvalue weighted by atomic mass is 16.2. The molecule has 0 N–H and O–H groups in total. The van der Waals surface area contributed by atoms with Gasteiger partial charge in [0.1, 0.15) is 5.82 Å². The molecule has 6 aromatic rings. The van der Waals surface area contributed by atoms with Crippen molar-refractivity contribution in [2.45, 2.75) is 25.4 Å². The molecule has 0 spiro atoms. The average Bonchev–Trinajstić information content (AvgIpc) is 3.15. The van der Waals surface area contributed by atoms with Crippen LogP contribution in [0.25, 0.3) is 33.6 Å². The highest BCUT2D eigenvalue weighted by Gasteiger charge is 2.35. The lowest BCUT2D eigenvalue weighted by Crippen LogP contribution is -2.53. The summed E-state index contributed by atoms with van der Waals surface area (Å²) >= 11 is 0. The molecule has 7 rings (SSSR count). The third-order valence-electron chi connectivity index (χ3n) is 9.28. The molecule has 1 atom stereocenters. The molecular formula is C41H36N5O2+. The first-order valence-corrected chi connectivity index (χ1v) is 16.3. The Morgan fingerprint density at radius 1 is 0.729 bits per heavy atom. The molecule has 7 nitrogen and oxygen atoms in total. The van der Waals surface area contributed by atoms with Gasteiger partial charge in [0.2, 0.25) is 11.4 Å². The minimum atomic E-state index is -0.401. The smallest absolute Gasteiger partial charge is 0.332 e. The van der Waals surface area contributed by atoms with Crippen molar-refractivity contribution in [3.63, 3.8) is 0 Å². The molecule has 1 aliphatic heterocycles.